The quantitative estimate of drug-likeness (QED) is 0.931. The van der Waals surface area contributed by atoms with Gasteiger partial charge in [-0.2, -0.15) is 0 Å². The van der Waals surface area contributed by atoms with Crippen LogP contribution in [0.25, 0.3) is 11.5 Å². The van der Waals surface area contributed by atoms with Crippen molar-refractivity contribution in [2.45, 2.75) is 6.42 Å². The van der Waals surface area contributed by atoms with Crippen molar-refractivity contribution in [3.05, 3.63) is 42.3 Å². The number of amides is 1. The second-order valence-electron chi connectivity index (χ2n) is 4.98. The molecule has 0 unspecified atom stereocenters. The van der Waals surface area contributed by atoms with Crippen LogP contribution in [0, 0.1) is 5.92 Å². The molecule has 0 saturated carbocycles. The third-order valence-corrected chi connectivity index (χ3v) is 3.57. The summed E-state index contributed by atoms with van der Waals surface area (Å²) in [5.41, 5.74) is 1.00. The fourth-order valence-corrected chi connectivity index (χ4v) is 2.39. The summed E-state index contributed by atoms with van der Waals surface area (Å²) in [6.07, 6.45) is 1.79. The highest BCUT2D eigenvalue weighted by Crippen LogP contribution is 2.21. The molecule has 1 atom stereocenters. The Labute approximate surface area is 121 Å². The summed E-state index contributed by atoms with van der Waals surface area (Å²) < 4.78 is 5.33. The van der Waals surface area contributed by atoms with E-state index in [1.807, 2.05) is 30.3 Å². The average Bonchev–Trinajstić information content (AvgIpc) is 3.17. The van der Waals surface area contributed by atoms with E-state index in [0.29, 0.717) is 18.9 Å². The molecule has 1 aliphatic rings. The smallest absolute Gasteiger partial charge is 0.308 e. The van der Waals surface area contributed by atoms with E-state index in [9.17, 15) is 9.59 Å². The molecule has 1 aromatic carbocycles. The Hall–Kier alpha value is -2.63. The van der Waals surface area contributed by atoms with Crippen LogP contribution in [0.5, 0.6) is 0 Å². The SMILES string of the molecule is O=C(O)[C@@H]1CCN(C(=O)c2coc(-c3ccccc3)n2)C1. The molecule has 1 saturated heterocycles. The number of aliphatic carboxylic acids is 1. The van der Waals surface area contributed by atoms with Crippen LogP contribution in [-0.4, -0.2) is 40.0 Å². The number of likely N-dealkylation sites (tertiary alicyclic amines) is 1. The van der Waals surface area contributed by atoms with Crippen LogP contribution in [0.1, 0.15) is 16.9 Å². The Kier molecular flexibility index (Phi) is 3.43. The molecule has 21 heavy (non-hydrogen) atoms. The molecule has 3 rings (SSSR count). The van der Waals surface area contributed by atoms with Crippen molar-refractivity contribution in [3.8, 4) is 11.5 Å². The third kappa shape index (κ3) is 2.65. The van der Waals surface area contributed by atoms with Crippen molar-refractivity contribution in [1.29, 1.82) is 0 Å². The van der Waals surface area contributed by atoms with E-state index in [-0.39, 0.29) is 18.1 Å². The summed E-state index contributed by atoms with van der Waals surface area (Å²) in [6.45, 7) is 0.658. The molecular weight excluding hydrogens is 272 g/mol. The fraction of sp³-hybridized carbons (Fsp3) is 0.267. The largest absolute Gasteiger partial charge is 0.481 e. The Bertz CT molecular complexity index is 665. The monoisotopic (exact) mass is 286 g/mol. The molecular formula is C15H14N2O4. The van der Waals surface area contributed by atoms with Crippen molar-refractivity contribution in [2.75, 3.05) is 13.1 Å². The van der Waals surface area contributed by atoms with E-state index in [1.165, 1.54) is 11.2 Å². The second-order valence-corrected chi connectivity index (χ2v) is 4.98. The number of carboxylic acids is 1. The Balaban J connectivity index is 1.75. The zero-order valence-electron chi connectivity index (χ0n) is 11.2. The number of hydrogen-bond donors (Lipinski definition) is 1. The van der Waals surface area contributed by atoms with Gasteiger partial charge in [0.25, 0.3) is 5.91 Å². The van der Waals surface area contributed by atoms with Crippen LogP contribution in [0.4, 0.5) is 0 Å². The standard InChI is InChI=1S/C15H14N2O4/c18-14(17-7-6-11(8-17)15(19)20)12-9-21-13(16-12)10-4-2-1-3-5-10/h1-5,9,11H,6-8H2,(H,19,20)/t11-/m1/s1. The molecule has 0 aliphatic carbocycles. The second kappa shape index (κ2) is 5.40. The molecule has 108 valence electrons. The summed E-state index contributed by atoms with van der Waals surface area (Å²) in [4.78, 5) is 28.9. The highest BCUT2D eigenvalue weighted by atomic mass is 16.4. The van der Waals surface area contributed by atoms with Crippen molar-refractivity contribution in [3.63, 3.8) is 0 Å². The fourth-order valence-electron chi connectivity index (χ4n) is 2.39. The van der Waals surface area contributed by atoms with Crippen LogP contribution < -0.4 is 0 Å². The third-order valence-electron chi connectivity index (χ3n) is 3.57. The average molecular weight is 286 g/mol. The molecule has 1 N–H and O–H groups in total. The van der Waals surface area contributed by atoms with Crippen molar-refractivity contribution >= 4 is 11.9 Å². The maximum absolute atomic E-state index is 12.3. The van der Waals surface area contributed by atoms with Crippen LogP contribution in [0.15, 0.2) is 41.0 Å². The summed E-state index contributed by atoms with van der Waals surface area (Å²) in [6, 6.07) is 9.29. The minimum absolute atomic E-state index is 0.208. The predicted molar refractivity (Wildman–Crippen MR) is 73.6 cm³/mol. The highest BCUT2D eigenvalue weighted by Gasteiger charge is 2.32. The molecule has 6 nitrogen and oxygen atoms in total. The van der Waals surface area contributed by atoms with Gasteiger partial charge >= 0.3 is 5.97 Å². The first-order chi connectivity index (χ1) is 10.1. The normalized spacial score (nSPS) is 17.9. The lowest BCUT2D eigenvalue weighted by Gasteiger charge is -2.13. The van der Waals surface area contributed by atoms with Crippen LogP contribution in [0.2, 0.25) is 0 Å². The Morgan fingerprint density at radius 1 is 1.29 bits per heavy atom. The van der Waals surface area contributed by atoms with Gasteiger partial charge < -0.3 is 14.4 Å². The predicted octanol–water partition coefficient (Wildman–Crippen LogP) is 1.89. The number of rotatable bonds is 3. The zero-order valence-corrected chi connectivity index (χ0v) is 11.2. The topological polar surface area (TPSA) is 83.6 Å². The molecule has 1 aliphatic heterocycles. The lowest BCUT2D eigenvalue weighted by atomic mass is 10.1. The first-order valence-corrected chi connectivity index (χ1v) is 6.68. The van der Waals surface area contributed by atoms with Gasteiger partial charge in [-0.3, -0.25) is 9.59 Å². The first kappa shape index (κ1) is 13.4. The van der Waals surface area contributed by atoms with Crippen LogP contribution in [-0.2, 0) is 4.79 Å². The van der Waals surface area contributed by atoms with E-state index in [1.54, 1.807) is 0 Å². The van der Waals surface area contributed by atoms with E-state index >= 15 is 0 Å². The Morgan fingerprint density at radius 2 is 2.05 bits per heavy atom. The molecule has 6 heteroatoms. The lowest BCUT2D eigenvalue weighted by Crippen LogP contribution is -2.30. The number of oxazole rings is 1. The van der Waals surface area contributed by atoms with E-state index in [0.717, 1.165) is 5.56 Å². The molecule has 0 spiro atoms. The number of nitrogens with zero attached hydrogens (tertiary/aromatic N) is 2. The number of hydrogen-bond acceptors (Lipinski definition) is 4. The van der Waals surface area contributed by atoms with Crippen molar-refractivity contribution in [1.82, 2.24) is 9.88 Å². The maximum atomic E-state index is 12.3. The highest BCUT2D eigenvalue weighted by molar-refractivity contribution is 5.93. The van der Waals surface area contributed by atoms with E-state index in [2.05, 4.69) is 4.98 Å². The van der Waals surface area contributed by atoms with Gasteiger partial charge in [-0.1, -0.05) is 18.2 Å². The molecule has 1 aromatic heterocycles. The van der Waals surface area contributed by atoms with Gasteiger partial charge in [0.1, 0.15) is 6.26 Å². The molecule has 2 heterocycles. The lowest BCUT2D eigenvalue weighted by molar-refractivity contribution is -0.141. The zero-order chi connectivity index (χ0) is 14.8. The minimum Gasteiger partial charge on any atom is -0.481 e. The molecule has 1 amide bonds. The number of benzene rings is 1. The van der Waals surface area contributed by atoms with Gasteiger partial charge in [-0.05, 0) is 18.6 Å². The Morgan fingerprint density at radius 3 is 2.71 bits per heavy atom. The number of aromatic nitrogens is 1. The van der Waals surface area contributed by atoms with Crippen molar-refractivity contribution < 1.29 is 19.1 Å². The molecule has 1 fully saturated rings. The summed E-state index contributed by atoms with van der Waals surface area (Å²) in [5.74, 6) is -1.26. The molecule has 0 radical (unpaired) electrons. The van der Waals surface area contributed by atoms with Crippen LogP contribution in [0.3, 0.4) is 0 Å². The summed E-state index contributed by atoms with van der Waals surface area (Å²) in [5, 5.41) is 8.96. The van der Waals surface area contributed by atoms with Gasteiger partial charge in [0, 0.05) is 18.7 Å². The van der Waals surface area contributed by atoms with Gasteiger partial charge in [-0.25, -0.2) is 4.98 Å². The molecule has 0 bridgehead atoms. The number of carbonyl (C=O) groups excluding carboxylic acids is 1. The minimum atomic E-state index is -0.865. The number of carbonyl (C=O) groups is 2. The summed E-state index contributed by atoms with van der Waals surface area (Å²) >= 11 is 0. The van der Waals surface area contributed by atoms with Gasteiger partial charge in [0.05, 0.1) is 5.92 Å². The maximum Gasteiger partial charge on any atom is 0.308 e. The first-order valence-electron chi connectivity index (χ1n) is 6.68. The van der Waals surface area contributed by atoms with Crippen LogP contribution >= 0.6 is 0 Å². The number of carboxylic acid groups (broad SMARTS) is 1. The van der Waals surface area contributed by atoms with E-state index in [4.69, 9.17) is 9.52 Å². The molecule has 2 aromatic rings. The van der Waals surface area contributed by atoms with E-state index < -0.39 is 11.9 Å². The van der Waals surface area contributed by atoms with Gasteiger partial charge in [0.15, 0.2) is 5.69 Å². The van der Waals surface area contributed by atoms with Gasteiger partial charge in [-0.15, -0.1) is 0 Å². The summed E-state index contributed by atoms with van der Waals surface area (Å²) in [7, 11) is 0. The van der Waals surface area contributed by atoms with Gasteiger partial charge in [0.2, 0.25) is 5.89 Å². The van der Waals surface area contributed by atoms with Crippen molar-refractivity contribution in [2.24, 2.45) is 5.92 Å².